The van der Waals surface area contributed by atoms with Crippen LogP contribution in [0.1, 0.15) is 41.5 Å². The molecule has 0 aromatic rings. The first-order valence-corrected chi connectivity index (χ1v) is 5.43. The lowest BCUT2D eigenvalue weighted by Crippen LogP contribution is -2.21. The number of aliphatic hydroxyl groups is 1. The number of carboxylic acid groups (broad SMARTS) is 1. The summed E-state index contributed by atoms with van der Waals surface area (Å²) in [5, 5.41) is 15.9. The minimum Gasteiger partial charge on any atom is -0.550 e. The molecule has 0 spiro atoms. The van der Waals surface area contributed by atoms with Crippen LogP contribution in [0.15, 0.2) is 0 Å². The normalized spacial score (nSPS) is 7.27. The molecule has 0 radical (unpaired) electrons. The monoisotopic (exact) mass is 222 g/mol. The summed E-state index contributed by atoms with van der Waals surface area (Å²) < 4.78 is 0. The molecule has 0 aliphatic rings. The molecular formula is C11H28NO3-. The molecule has 0 aromatic carbocycles. The van der Waals surface area contributed by atoms with Crippen LogP contribution in [-0.4, -0.2) is 42.7 Å². The molecule has 1 N–H and O–H groups in total. The van der Waals surface area contributed by atoms with Crippen LogP contribution in [0.2, 0.25) is 0 Å². The van der Waals surface area contributed by atoms with Crippen molar-refractivity contribution in [3.8, 4) is 0 Å². The van der Waals surface area contributed by atoms with Gasteiger partial charge in [-0.1, -0.05) is 34.6 Å². The maximum absolute atomic E-state index is 8.89. The van der Waals surface area contributed by atoms with E-state index in [-0.39, 0.29) is 0 Å². The van der Waals surface area contributed by atoms with Crippen LogP contribution in [-0.2, 0) is 4.79 Å². The van der Waals surface area contributed by atoms with Crippen molar-refractivity contribution in [1.82, 2.24) is 4.90 Å². The van der Waals surface area contributed by atoms with Gasteiger partial charge in [-0.2, -0.15) is 0 Å². The van der Waals surface area contributed by atoms with Gasteiger partial charge < -0.3 is 19.9 Å². The highest BCUT2D eigenvalue weighted by Gasteiger charge is 1.89. The van der Waals surface area contributed by atoms with Crippen LogP contribution in [0.25, 0.3) is 0 Å². The van der Waals surface area contributed by atoms with Crippen molar-refractivity contribution in [3.05, 3.63) is 0 Å². The van der Waals surface area contributed by atoms with Crippen LogP contribution in [0.4, 0.5) is 0 Å². The maximum Gasteiger partial charge on any atom is 0.0383 e. The zero-order valence-electron chi connectivity index (χ0n) is 11.3. The molecule has 0 rings (SSSR count). The van der Waals surface area contributed by atoms with Crippen molar-refractivity contribution in [2.45, 2.75) is 41.5 Å². The van der Waals surface area contributed by atoms with Gasteiger partial charge in [-0.05, 0) is 26.6 Å². The molecule has 96 valence electrons. The molecule has 0 heterocycles. The van der Waals surface area contributed by atoms with Gasteiger partial charge in [-0.25, -0.2) is 0 Å². The van der Waals surface area contributed by atoms with Gasteiger partial charge in [0.15, 0.2) is 0 Å². The standard InChI is InChI=1S/C6H15N.C2H4O2.C2H6.CH4O/c1-4-7(5-2)6-3;1-2(3)4;2*1-2/h4-6H2,1-3H3;1H3,(H,3,4);1-2H3;2H,1H3/p-1. The predicted molar refractivity (Wildman–Crippen MR) is 63.6 cm³/mol. The summed E-state index contributed by atoms with van der Waals surface area (Å²) in [6.45, 7) is 15.1. The minimum absolute atomic E-state index is 0.972. The lowest BCUT2D eigenvalue weighted by molar-refractivity contribution is -0.302. The molecule has 0 amide bonds. The average Bonchev–Trinajstić information content (AvgIpc) is 2.25. The molecule has 0 aromatic heterocycles. The van der Waals surface area contributed by atoms with E-state index in [4.69, 9.17) is 15.0 Å². The van der Waals surface area contributed by atoms with E-state index in [1.54, 1.807) is 0 Å². The number of carbonyl (C=O) groups is 1. The molecule has 0 aliphatic carbocycles. The summed E-state index contributed by atoms with van der Waals surface area (Å²) in [6, 6.07) is 0. The molecule has 0 aliphatic heterocycles. The second kappa shape index (κ2) is 29.2. The van der Waals surface area contributed by atoms with E-state index in [1.807, 2.05) is 13.8 Å². The second-order valence-electron chi connectivity index (χ2n) is 2.11. The van der Waals surface area contributed by atoms with Gasteiger partial charge in [-0.3, -0.25) is 0 Å². The molecule has 0 unspecified atom stereocenters. The Labute approximate surface area is 94.9 Å². The topological polar surface area (TPSA) is 63.6 Å². The van der Waals surface area contributed by atoms with Crippen molar-refractivity contribution in [2.24, 2.45) is 0 Å². The van der Waals surface area contributed by atoms with E-state index in [9.17, 15) is 0 Å². The van der Waals surface area contributed by atoms with Gasteiger partial charge in [0, 0.05) is 13.1 Å². The average molecular weight is 222 g/mol. The molecule has 15 heavy (non-hydrogen) atoms. The van der Waals surface area contributed by atoms with Gasteiger partial charge in [0.05, 0.1) is 0 Å². The third-order valence-electron chi connectivity index (χ3n) is 1.34. The van der Waals surface area contributed by atoms with Crippen molar-refractivity contribution in [1.29, 1.82) is 0 Å². The highest BCUT2D eigenvalue weighted by Crippen LogP contribution is 1.81. The lowest BCUT2D eigenvalue weighted by Gasteiger charge is -2.13. The number of hydrogen-bond donors (Lipinski definition) is 1. The van der Waals surface area contributed by atoms with E-state index in [0.29, 0.717) is 0 Å². The first-order valence-electron chi connectivity index (χ1n) is 5.43. The number of aliphatic hydroxyl groups excluding tert-OH is 1. The molecule has 4 nitrogen and oxygen atoms in total. The molecule has 0 saturated heterocycles. The molecule has 4 heteroatoms. The van der Waals surface area contributed by atoms with Crippen molar-refractivity contribution < 1.29 is 15.0 Å². The Bertz CT molecular complexity index is 84.3. The number of rotatable bonds is 3. The highest BCUT2D eigenvalue weighted by atomic mass is 16.4. The zero-order valence-corrected chi connectivity index (χ0v) is 11.3. The Morgan fingerprint density at radius 3 is 1.20 bits per heavy atom. The van der Waals surface area contributed by atoms with Gasteiger partial charge in [0.2, 0.25) is 0 Å². The summed E-state index contributed by atoms with van der Waals surface area (Å²) in [5.74, 6) is -1.08. The fourth-order valence-corrected chi connectivity index (χ4v) is 0.671. The Morgan fingerprint density at radius 2 is 1.20 bits per heavy atom. The van der Waals surface area contributed by atoms with Crippen LogP contribution < -0.4 is 5.11 Å². The number of aliphatic carboxylic acids is 1. The van der Waals surface area contributed by atoms with Crippen LogP contribution in [0, 0.1) is 0 Å². The summed E-state index contributed by atoms with van der Waals surface area (Å²) in [4.78, 5) is 11.3. The van der Waals surface area contributed by atoms with E-state index in [2.05, 4.69) is 25.7 Å². The van der Waals surface area contributed by atoms with E-state index < -0.39 is 5.97 Å². The minimum atomic E-state index is -1.08. The highest BCUT2D eigenvalue weighted by molar-refractivity contribution is 5.60. The summed E-state index contributed by atoms with van der Waals surface area (Å²) in [7, 11) is 1.00. The zero-order chi connectivity index (χ0) is 13.3. The number of carbonyl (C=O) groups excluding carboxylic acids is 1. The Kier molecular flexibility index (Phi) is 46.5. The summed E-state index contributed by atoms with van der Waals surface area (Å²) >= 11 is 0. The van der Waals surface area contributed by atoms with Gasteiger partial charge >= 0.3 is 0 Å². The fourth-order valence-electron chi connectivity index (χ4n) is 0.671. The first-order chi connectivity index (χ1) is 7.08. The van der Waals surface area contributed by atoms with Crippen molar-refractivity contribution in [2.75, 3.05) is 26.7 Å². The van der Waals surface area contributed by atoms with Gasteiger partial charge in [0.1, 0.15) is 0 Å². The van der Waals surface area contributed by atoms with Gasteiger partial charge in [-0.15, -0.1) is 0 Å². The van der Waals surface area contributed by atoms with Gasteiger partial charge in [0.25, 0.3) is 0 Å². The predicted octanol–water partition coefficient (Wildman–Crippen LogP) is 0.739. The quantitative estimate of drug-likeness (QED) is 0.765. The Hall–Kier alpha value is -0.610. The fraction of sp³-hybridized carbons (Fsp3) is 0.909. The van der Waals surface area contributed by atoms with E-state index in [0.717, 1.165) is 14.0 Å². The first kappa shape index (κ1) is 23.9. The third kappa shape index (κ3) is 59.8. The van der Waals surface area contributed by atoms with E-state index >= 15 is 0 Å². The third-order valence-corrected chi connectivity index (χ3v) is 1.34. The lowest BCUT2D eigenvalue weighted by atomic mass is 10.5. The van der Waals surface area contributed by atoms with Crippen molar-refractivity contribution in [3.63, 3.8) is 0 Å². The van der Waals surface area contributed by atoms with Crippen LogP contribution >= 0.6 is 0 Å². The smallest absolute Gasteiger partial charge is 0.0383 e. The molecule has 0 saturated carbocycles. The number of carboxylic acids is 1. The Morgan fingerprint density at radius 1 is 1.07 bits per heavy atom. The molecule has 0 bridgehead atoms. The Balaban J connectivity index is -0.0000000647. The van der Waals surface area contributed by atoms with Crippen LogP contribution in [0.5, 0.6) is 0 Å². The molecule has 0 atom stereocenters. The van der Waals surface area contributed by atoms with E-state index in [1.165, 1.54) is 19.6 Å². The van der Waals surface area contributed by atoms with Crippen molar-refractivity contribution >= 4 is 5.97 Å². The molecular weight excluding hydrogens is 194 g/mol. The summed E-state index contributed by atoms with van der Waals surface area (Å²) in [5.41, 5.74) is 0. The number of hydrogen-bond acceptors (Lipinski definition) is 4. The molecule has 0 fully saturated rings. The van der Waals surface area contributed by atoms with Crippen LogP contribution in [0.3, 0.4) is 0 Å². The summed E-state index contributed by atoms with van der Waals surface area (Å²) in [6.07, 6.45) is 0. The largest absolute Gasteiger partial charge is 0.550 e. The second-order valence-corrected chi connectivity index (χ2v) is 2.11. The number of nitrogens with zero attached hydrogens (tertiary/aromatic N) is 1. The SMILES string of the molecule is CC.CC(=O)[O-].CCN(CC)CC.CO. The maximum atomic E-state index is 8.89.